The monoisotopic (exact) mass is 446 g/mol. The molecule has 0 radical (unpaired) electrons. The van der Waals surface area contributed by atoms with E-state index in [1.54, 1.807) is 0 Å². The van der Waals surface area contributed by atoms with Gasteiger partial charge < -0.3 is 9.31 Å². The number of para-hydroxylation sites is 2. The first-order chi connectivity index (χ1) is 15.1. The maximum Gasteiger partial charge on any atom is 0.495 e. The number of benzene rings is 2. The Hall–Kier alpha value is -2.47. The van der Waals surface area contributed by atoms with E-state index in [1.165, 1.54) is 0 Å². The van der Waals surface area contributed by atoms with Crippen molar-refractivity contribution in [3.8, 4) is 0 Å². The highest BCUT2D eigenvalue weighted by molar-refractivity contribution is 6.65. The van der Waals surface area contributed by atoms with Crippen molar-refractivity contribution in [1.29, 1.82) is 0 Å². The van der Waals surface area contributed by atoms with Crippen molar-refractivity contribution in [2.24, 2.45) is 0 Å². The van der Waals surface area contributed by atoms with Gasteiger partial charge in [0.25, 0.3) is 0 Å². The molecule has 1 aliphatic rings. The molecule has 6 heteroatoms. The molecule has 0 saturated carbocycles. The number of fused-ring (bicyclic) bond motifs is 2. The molecule has 0 bridgehead atoms. The molecule has 0 unspecified atom stereocenters. The molecule has 164 valence electrons. The summed E-state index contributed by atoms with van der Waals surface area (Å²) in [6, 6.07) is 19.9. The molecule has 0 aliphatic carbocycles. The van der Waals surface area contributed by atoms with Crippen molar-refractivity contribution in [2.45, 2.75) is 52.7 Å². The zero-order valence-corrected chi connectivity index (χ0v) is 20.2. The average Bonchev–Trinajstić information content (AvgIpc) is 2.94. The van der Waals surface area contributed by atoms with E-state index in [0.29, 0.717) is 0 Å². The molecule has 0 amide bonds. The lowest BCUT2D eigenvalue weighted by Crippen LogP contribution is -2.41. The molecule has 4 aromatic rings. The summed E-state index contributed by atoms with van der Waals surface area (Å²) in [5, 5.41) is 2.89. The highest BCUT2D eigenvalue weighted by Gasteiger charge is 2.52. The third-order valence-corrected chi connectivity index (χ3v) is 6.49. The SMILES string of the molecule is Cc1cc(B2OC(C)(C)C(C)(C)O2)c2ccccc2n1.Cc1cc(Cl)c2ccccc2n1. The molecule has 2 aromatic heterocycles. The van der Waals surface area contributed by atoms with Gasteiger partial charge in [-0.15, -0.1) is 0 Å². The van der Waals surface area contributed by atoms with Gasteiger partial charge in [-0.05, 0) is 76.7 Å². The predicted molar refractivity (Wildman–Crippen MR) is 134 cm³/mol. The van der Waals surface area contributed by atoms with E-state index in [-0.39, 0.29) is 18.3 Å². The van der Waals surface area contributed by atoms with E-state index in [9.17, 15) is 0 Å². The van der Waals surface area contributed by atoms with Gasteiger partial charge in [-0.25, -0.2) is 0 Å². The molecule has 0 atom stereocenters. The first kappa shape index (κ1) is 22.7. The van der Waals surface area contributed by atoms with Crippen LogP contribution in [0.15, 0.2) is 60.7 Å². The zero-order chi connectivity index (χ0) is 23.1. The molecule has 1 saturated heterocycles. The second-order valence-electron chi connectivity index (χ2n) is 9.22. The van der Waals surface area contributed by atoms with E-state index in [4.69, 9.17) is 20.9 Å². The van der Waals surface area contributed by atoms with Gasteiger partial charge in [-0.1, -0.05) is 48.0 Å². The molecule has 2 aromatic carbocycles. The first-order valence-electron chi connectivity index (χ1n) is 10.8. The number of aromatic nitrogens is 2. The van der Waals surface area contributed by atoms with E-state index in [1.807, 2.05) is 62.4 Å². The Morgan fingerprint density at radius 1 is 0.719 bits per heavy atom. The summed E-state index contributed by atoms with van der Waals surface area (Å²) in [6.45, 7) is 12.2. The molecule has 3 heterocycles. The maximum absolute atomic E-state index is 6.16. The van der Waals surface area contributed by atoms with Crippen LogP contribution in [0.5, 0.6) is 0 Å². The van der Waals surface area contributed by atoms with E-state index in [2.05, 4.69) is 49.8 Å². The molecular weight excluding hydrogens is 419 g/mol. The predicted octanol–water partition coefficient (Wildman–Crippen LogP) is 6.04. The second-order valence-corrected chi connectivity index (χ2v) is 9.63. The van der Waals surface area contributed by atoms with Gasteiger partial charge in [0.1, 0.15) is 0 Å². The quantitative estimate of drug-likeness (QED) is 0.334. The van der Waals surface area contributed by atoms with Crippen LogP contribution in [-0.2, 0) is 9.31 Å². The lowest BCUT2D eigenvalue weighted by atomic mass is 9.76. The third kappa shape index (κ3) is 4.38. The van der Waals surface area contributed by atoms with Crippen molar-refractivity contribution in [3.63, 3.8) is 0 Å². The van der Waals surface area contributed by atoms with Gasteiger partial charge in [0.05, 0.1) is 27.3 Å². The minimum absolute atomic E-state index is 0.323. The van der Waals surface area contributed by atoms with Gasteiger partial charge >= 0.3 is 7.12 Å². The molecular formula is C26H28BClN2O2. The Kier molecular flexibility index (Phi) is 6.01. The number of rotatable bonds is 1. The topological polar surface area (TPSA) is 44.2 Å². The number of pyridine rings is 2. The Bertz CT molecular complexity index is 1270. The average molecular weight is 447 g/mol. The number of halogens is 1. The highest BCUT2D eigenvalue weighted by atomic mass is 35.5. The van der Waals surface area contributed by atoms with Crippen LogP contribution in [0.4, 0.5) is 0 Å². The van der Waals surface area contributed by atoms with E-state index < -0.39 is 0 Å². The zero-order valence-electron chi connectivity index (χ0n) is 19.4. The Labute approximate surface area is 195 Å². The fraction of sp³-hybridized carbons (Fsp3) is 0.308. The van der Waals surface area contributed by atoms with Gasteiger partial charge in [0.15, 0.2) is 0 Å². The van der Waals surface area contributed by atoms with E-state index in [0.717, 1.165) is 43.7 Å². The summed E-state index contributed by atoms with van der Waals surface area (Å²) < 4.78 is 12.3. The van der Waals surface area contributed by atoms with Crippen LogP contribution < -0.4 is 5.46 Å². The number of hydrogen-bond donors (Lipinski definition) is 0. The van der Waals surface area contributed by atoms with Crippen molar-refractivity contribution in [2.75, 3.05) is 0 Å². The molecule has 5 rings (SSSR count). The van der Waals surface area contributed by atoms with Gasteiger partial charge in [0.2, 0.25) is 0 Å². The van der Waals surface area contributed by atoms with Crippen LogP contribution in [0, 0.1) is 13.8 Å². The van der Waals surface area contributed by atoms with Gasteiger partial charge in [0, 0.05) is 16.8 Å². The summed E-state index contributed by atoms with van der Waals surface area (Å²) in [7, 11) is -0.341. The van der Waals surface area contributed by atoms with Crippen molar-refractivity contribution < 1.29 is 9.31 Å². The van der Waals surface area contributed by atoms with Crippen molar-refractivity contribution in [1.82, 2.24) is 9.97 Å². The first-order valence-corrected chi connectivity index (χ1v) is 11.2. The number of nitrogens with zero attached hydrogens (tertiary/aromatic N) is 2. The fourth-order valence-corrected chi connectivity index (χ4v) is 4.08. The number of aryl methyl sites for hydroxylation is 2. The smallest absolute Gasteiger partial charge is 0.399 e. The summed E-state index contributed by atoms with van der Waals surface area (Å²) in [4.78, 5) is 8.92. The normalized spacial score (nSPS) is 16.8. The summed E-state index contributed by atoms with van der Waals surface area (Å²) >= 11 is 6.02. The van der Waals surface area contributed by atoms with Crippen LogP contribution >= 0.6 is 11.6 Å². The van der Waals surface area contributed by atoms with Crippen LogP contribution in [0.2, 0.25) is 5.02 Å². The lowest BCUT2D eigenvalue weighted by Gasteiger charge is -2.32. The van der Waals surface area contributed by atoms with Crippen LogP contribution in [-0.4, -0.2) is 28.3 Å². The molecule has 4 nitrogen and oxygen atoms in total. The van der Waals surface area contributed by atoms with Crippen molar-refractivity contribution >= 4 is 46.0 Å². The molecule has 32 heavy (non-hydrogen) atoms. The summed E-state index contributed by atoms with van der Waals surface area (Å²) in [5.74, 6) is 0. The largest absolute Gasteiger partial charge is 0.495 e. The number of hydrogen-bond acceptors (Lipinski definition) is 4. The highest BCUT2D eigenvalue weighted by Crippen LogP contribution is 2.37. The fourth-order valence-electron chi connectivity index (χ4n) is 3.76. The summed E-state index contributed by atoms with van der Waals surface area (Å²) in [5.41, 5.74) is 4.30. The Morgan fingerprint density at radius 3 is 1.78 bits per heavy atom. The van der Waals surface area contributed by atoms with Crippen LogP contribution in [0.25, 0.3) is 21.8 Å². The Morgan fingerprint density at radius 2 is 1.19 bits per heavy atom. The van der Waals surface area contributed by atoms with Gasteiger partial charge in [-0.2, -0.15) is 0 Å². The molecule has 0 N–H and O–H groups in total. The molecule has 1 aliphatic heterocycles. The maximum atomic E-state index is 6.16. The van der Waals surface area contributed by atoms with Crippen LogP contribution in [0.3, 0.4) is 0 Å². The standard InChI is InChI=1S/C16H20BNO2.C10H8ClN/c1-11-10-13(12-8-6-7-9-14(12)18-11)17-19-15(2,3)16(4,5)20-17;1-7-6-9(11)8-4-2-3-5-10(8)12-7/h6-10H,1-5H3;2-6H,1H3. The van der Waals surface area contributed by atoms with E-state index >= 15 is 0 Å². The molecule has 1 fully saturated rings. The minimum atomic E-state index is -0.341. The summed E-state index contributed by atoms with van der Waals surface area (Å²) in [6.07, 6.45) is 0. The van der Waals surface area contributed by atoms with Crippen molar-refractivity contribution in [3.05, 3.63) is 77.1 Å². The Balaban J connectivity index is 0.000000174. The third-order valence-electron chi connectivity index (χ3n) is 6.18. The lowest BCUT2D eigenvalue weighted by molar-refractivity contribution is 0.00578. The molecule has 0 spiro atoms. The van der Waals surface area contributed by atoms with Crippen LogP contribution in [0.1, 0.15) is 39.1 Å². The van der Waals surface area contributed by atoms with Gasteiger partial charge in [-0.3, -0.25) is 9.97 Å². The second kappa shape index (κ2) is 8.47. The minimum Gasteiger partial charge on any atom is -0.399 e.